The van der Waals surface area contributed by atoms with E-state index in [9.17, 15) is 18.3 Å². The normalized spacial score (nSPS) is 23.8. The minimum Gasteiger partial charge on any atom is -0.395 e. The summed E-state index contributed by atoms with van der Waals surface area (Å²) in [6.45, 7) is 5.88. The zero-order valence-electron chi connectivity index (χ0n) is 15.8. The molecule has 1 fully saturated rings. The van der Waals surface area contributed by atoms with Crippen LogP contribution in [0.4, 0.5) is 0 Å². The minimum atomic E-state index is -3.49. The lowest BCUT2D eigenvalue weighted by Gasteiger charge is -2.54. The van der Waals surface area contributed by atoms with Gasteiger partial charge in [-0.2, -0.15) is 4.31 Å². The van der Waals surface area contributed by atoms with Crippen LogP contribution in [0.2, 0.25) is 0 Å². The number of nitrogens with zero attached hydrogens (tertiary/aromatic N) is 2. The first kappa shape index (κ1) is 20.6. The molecule has 1 aromatic rings. The number of rotatable bonds is 7. The van der Waals surface area contributed by atoms with Crippen molar-refractivity contribution < 1.29 is 18.3 Å². The molecule has 0 aliphatic carbocycles. The molecule has 0 unspecified atom stereocenters. The molecule has 26 heavy (non-hydrogen) atoms. The zero-order chi connectivity index (χ0) is 19.5. The van der Waals surface area contributed by atoms with Gasteiger partial charge in [-0.15, -0.1) is 0 Å². The van der Waals surface area contributed by atoms with E-state index in [-0.39, 0.29) is 24.5 Å². The summed E-state index contributed by atoms with van der Waals surface area (Å²) in [5, 5.41) is 9.81. The Bertz CT molecular complexity index is 758. The van der Waals surface area contributed by atoms with Crippen LogP contribution in [0.3, 0.4) is 0 Å². The number of aliphatic hydroxyl groups excluding tert-OH is 1. The first-order chi connectivity index (χ1) is 12.2. The molecule has 2 rings (SSSR count). The lowest BCUT2D eigenvalue weighted by molar-refractivity contribution is -0.130. The zero-order valence-corrected chi connectivity index (χ0v) is 16.6. The van der Waals surface area contributed by atoms with Gasteiger partial charge in [0.15, 0.2) is 0 Å². The maximum Gasteiger partial charge on any atom is 0.219 e. The molecule has 0 aromatic heterocycles. The van der Waals surface area contributed by atoms with Crippen molar-refractivity contribution in [2.24, 2.45) is 0 Å². The molecule has 6 nitrogen and oxygen atoms in total. The van der Waals surface area contributed by atoms with Crippen LogP contribution in [0, 0.1) is 0 Å². The van der Waals surface area contributed by atoms with E-state index in [4.69, 9.17) is 0 Å². The number of amides is 1. The van der Waals surface area contributed by atoms with E-state index in [1.54, 1.807) is 4.90 Å². The fourth-order valence-corrected chi connectivity index (χ4v) is 5.15. The van der Waals surface area contributed by atoms with Crippen molar-refractivity contribution in [3.05, 3.63) is 41.5 Å². The number of aliphatic hydroxyl groups is 1. The van der Waals surface area contributed by atoms with Gasteiger partial charge in [-0.3, -0.25) is 4.79 Å². The molecule has 1 aromatic carbocycles. The van der Waals surface area contributed by atoms with Crippen LogP contribution in [0.5, 0.6) is 0 Å². The van der Waals surface area contributed by atoms with E-state index in [0.29, 0.717) is 13.1 Å². The molecule has 1 heterocycles. The third kappa shape index (κ3) is 4.16. The molecule has 0 bridgehead atoms. The van der Waals surface area contributed by atoms with Gasteiger partial charge in [0, 0.05) is 25.9 Å². The van der Waals surface area contributed by atoms with Gasteiger partial charge in [0.25, 0.3) is 0 Å². The monoisotopic (exact) mass is 380 g/mol. The Morgan fingerprint density at radius 3 is 2.31 bits per heavy atom. The third-order valence-electron chi connectivity index (χ3n) is 4.97. The molecule has 1 saturated heterocycles. The molecular weight excluding hydrogens is 352 g/mol. The van der Waals surface area contributed by atoms with Gasteiger partial charge in [0.1, 0.15) is 0 Å². The van der Waals surface area contributed by atoms with Crippen LogP contribution in [0.15, 0.2) is 30.3 Å². The summed E-state index contributed by atoms with van der Waals surface area (Å²) < 4.78 is 25.9. The van der Waals surface area contributed by atoms with Gasteiger partial charge >= 0.3 is 0 Å². The average Bonchev–Trinajstić information content (AvgIpc) is 2.54. The maximum absolute atomic E-state index is 12.3. The second kappa shape index (κ2) is 8.33. The summed E-state index contributed by atoms with van der Waals surface area (Å²) in [5.74, 6) is -0.238. The maximum atomic E-state index is 12.3. The average molecular weight is 381 g/mol. The Morgan fingerprint density at radius 2 is 1.88 bits per heavy atom. The Morgan fingerprint density at radius 1 is 1.27 bits per heavy atom. The number of allylic oxidation sites excluding steroid dienone is 1. The number of sulfonamides is 1. The number of carbonyl (C=O) groups excluding carboxylic acids is 1. The highest BCUT2D eigenvalue weighted by Gasteiger charge is 2.53. The minimum absolute atomic E-state index is 0.0874. The summed E-state index contributed by atoms with van der Waals surface area (Å²) in [4.78, 5) is 13.5. The fourth-order valence-electron chi connectivity index (χ4n) is 3.77. The lowest BCUT2D eigenvalue weighted by atomic mass is 9.77. The van der Waals surface area contributed by atoms with Crippen LogP contribution in [0.25, 0.3) is 6.08 Å². The van der Waals surface area contributed by atoms with E-state index < -0.39 is 16.1 Å². The molecule has 1 aliphatic rings. The van der Waals surface area contributed by atoms with Crippen LogP contribution >= 0.6 is 0 Å². The highest BCUT2D eigenvalue weighted by molar-refractivity contribution is 7.88. The van der Waals surface area contributed by atoms with Crippen molar-refractivity contribution in [3.8, 4) is 0 Å². The summed E-state index contributed by atoms with van der Waals surface area (Å²) >= 11 is 0. The van der Waals surface area contributed by atoms with Crippen molar-refractivity contribution >= 4 is 22.0 Å². The van der Waals surface area contributed by atoms with Gasteiger partial charge in [-0.1, -0.05) is 36.4 Å². The van der Waals surface area contributed by atoms with Crippen molar-refractivity contribution in [2.75, 3.05) is 26.0 Å². The van der Waals surface area contributed by atoms with Crippen molar-refractivity contribution in [1.29, 1.82) is 0 Å². The molecule has 3 atom stereocenters. The highest BCUT2D eigenvalue weighted by Crippen LogP contribution is 2.42. The molecule has 1 aliphatic heterocycles. The van der Waals surface area contributed by atoms with Crippen LogP contribution in [-0.4, -0.2) is 66.7 Å². The molecule has 1 N–H and O–H groups in total. The number of hydrogen-bond donors (Lipinski definition) is 1. The van der Waals surface area contributed by atoms with E-state index >= 15 is 0 Å². The topological polar surface area (TPSA) is 77.9 Å². The quantitative estimate of drug-likeness (QED) is 0.781. The Labute approximate surface area is 156 Å². The molecule has 0 radical (unpaired) electrons. The summed E-state index contributed by atoms with van der Waals surface area (Å²) in [5.41, 5.74) is 2.04. The second-order valence-corrected chi connectivity index (χ2v) is 8.55. The second-order valence-electron chi connectivity index (χ2n) is 6.66. The van der Waals surface area contributed by atoms with Crippen LogP contribution in [0.1, 0.15) is 37.8 Å². The number of likely N-dealkylation sites (N-methyl/N-ethyl adjacent to an activating group) is 1. The van der Waals surface area contributed by atoms with Crippen molar-refractivity contribution in [3.63, 3.8) is 0 Å². The van der Waals surface area contributed by atoms with Crippen molar-refractivity contribution in [1.82, 2.24) is 9.21 Å². The molecule has 1 amide bonds. The fraction of sp³-hybridized carbons (Fsp3) is 0.526. The van der Waals surface area contributed by atoms with E-state index in [1.165, 1.54) is 11.2 Å². The highest BCUT2D eigenvalue weighted by atomic mass is 32.2. The summed E-state index contributed by atoms with van der Waals surface area (Å²) in [6, 6.07) is 7.02. The first-order valence-electron chi connectivity index (χ1n) is 8.82. The van der Waals surface area contributed by atoms with Gasteiger partial charge in [-0.05, 0) is 25.0 Å². The predicted molar refractivity (Wildman–Crippen MR) is 103 cm³/mol. The number of carbonyl (C=O) groups is 1. The molecule has 144 valence electrons. The molecule has 0 saturated carbocycles. The SMILES string of the molecule is C/C=C/c1ccc([C@@H]2[C@H](CO)N(S(C)(=O)=O)[C@H]2CN(CC)C(C)=O)cc1. The Balaban J connectivity index is 2.37. The largest absolute Gasteiger partial charge is 0.395 e. The smallest absolute Gasteiger partial charge is 0.219 e. The Kier molecular flexibility index (Phi) is 6.60. The summed E-state index contributed by atoms with van der Waals surface area (Å²) in [7, 11) is -3.49. The van der Waals surface area contributed by atoms with Crippen LogP contribution < -0.4 is 0 Å². The molecule has 0 spiro atoms. The van der Waals surface area contributed by atoms with Crippen molar-refractivity contribution in [2.45, 2.75) is 38.8 Å². The van der Waals surface area contributed by atoms with Crippen LogP contribution in [-0.2, 0) is 14.8 Å². The Hall–Kier alpha value is -1.70. The van der Waals surface area contributed by atoms with Gasteiger partial charge in [-0.25, -0.2) is 8.42 Å². The predicted octanol–water partition coefficient (Wildman–Crippen LogP) is 1.68. The van der Waals surface area contributed by atoms with E-state index in [1.807, 2.05) is 50.3 Å². The molecular formula is C19H28N2O4S. The van der Waals surface area contributed by atoms with Gasteiger partial charge < -0.3 is 10.0 Å². The summed E-state index contributed by atoms with van der Waals surface area (Å²) in [6.07, 6.45) is 5.09. The lowest BCUT2D eigenvalue weighted by Crippen LogP contribution is -2.68. The van der Waals surface area contributed by atoms with E-state index in [2.05, 4.69) is 0 Å². The first-order valence-corrected chi connectivity index (χ1v) is 10.7. The van der Waals surface area contributed by atoms with E-state index in [0.717, 1.165) is 17.4 Å². The molecule has 7 heteroatoms. The number of hydrogen-bond acceptors (Lipinski definition) is 4. The van der Waals surface area contributed by atoms with Gasteiger partial charge in [0.2, 0.25) is 15.9 Å². The third-order valence-corrected chi connectivity index (χ3v) is 6.28. The van der Waals surface area contributed by atoms with Gasteiger partial charge in [0.05, 0.1) is 24.9 Å². The number of benzene rings is 1. The standard InChI is InChI=1S/C19H28N2O4S/c1-5-7-15-8-10-16(11-9-15)19-17(12-20(6-2)14(3)23)21(18(19)13-22)26(4,24)25/h5,7-11,17-19,22H,6,12-13H2,1-4H3/b7-5+/t17-,18-,19-/m0/s1.